The van der Waals surface area contributed by atoms with Crippen molar-refractivity contribution in [2.24, 2.45) is 0 Å². The molecule has 0 radical (unpaired) electrons. The second-order valence-electron chi connectivity index (χ2n) is 4.58. The van der Waals surface area contributed by atoms with E-state index in [1.807, 2.05) is 42.5 Å². The molecule has 0 aromatic heterocycles. The summed E-state index contributed by atoms with van der Waals surface area (Å²) in [4.78, 5) is 0. The van der Waals surface area contributed by atoms with Crippen LogP contribution in [0.3, 0.4) is 0 Å². The number of rotatable bonds is 7. The highest BCUT2D eigenvalue weighted by molar-refractivity contribution is 5.56. The highest BCUT2D eigenvalue weighted by Crippen LogP contribution is 2.42. The lowest BCUT2D eigenvalue weighted by atomic mass is 10.1. The van der Waals surface area contributed by atoms with Gasteiger partial charge in [0.2, 0.25) is 5.75 Å². The smallest absolute Gasteiger partial charge is 0.203 e. The molecule has 0 saturated carbocycles. The molecular formula is C18H20O4. The van der Waals surface area contributed by atoms with Gasteiger partial charge in [-0.1, -0.05) is 18.2 Å². The highest BCUT2D eigenvalue weighted by atomic mass is 16.5. The van der Waals surface area contributed by atoms with Crippen LogP contribution in [0.25, 0.3) is 0 Å². The van der Waals surface area contributed by atoms with E-state index in [2.05, 4.69) is 6.58 Å². The fourth-order valence-electron chi connectivity index (χ4n) is 2.17. The van der Waals surface area contributed by atoms with Crippen molar-refractivity contribution in [2.75, 3.05) is 21.3 Å². The normalized spacial score (nSPS) is 9.95. The van der Waals surface area contributed by atoms with Crippen LogP contribution in [0.1, 0.15) is 5.56 Å². The Hall–Kier alpha value is -2.62. The molecule has 2 aromatic rings. The topological polar surface area (TPSA) is 36.9 Å². The van der Waals surface area contributed by atoms with Crippen LogP contribution in [0.4, 0.5) is 0 Å². The molecule has 0 unspecified atom stereocenters. The first kappa shape index (κ1) is 15.8. The standard InChI is InChI=1S/C18H20O4/c1-5-8-13-11-16(20-3)18(21-4)17(12-13)22-15-10-7-6-9-14(15)19-2/h5-7,9-12H,1,8H2,2-4H3. The van der Waals surface area contributed by atoms with Gasteiger partial charge in [-0.05, 0) is 36.2 Å². The van der Waals surface area contributed by atoms with Crippen LogP contribution in [0.15, 0.2) is 49.1 Å². The van der Waals surface area contributed by atoms with Crippen LogP contribution in [0.5, 0.6) is 28.7 Å². The lowest BCUT2D eigenvalue weighted by molar-refractivity contribution is 0.329. The summed E-state index contributed by atoms with van der Waals surface area (Å²) in [7, 11) is 4.79. The molecule has 0 aliphatic heterocycles. The van der Waals surface area contributed by atoms with Gasteiger partial charge in [0.1, 0.15) is 0 Å². The molecule has 4 nitrogen and oxygen atoms in total. The quantitative estimate of drug-likeness (QED) is 0.717. The molecule has 0 fully saturated rings. The van der Waals surface area contributed by atoms with Gasteiger partial charge in [-0.25, -0.2) is 0 Å². The van der Waals surface area contributed by atoms with E-state index in [0.717, 1.165) is 5.56 Å². The predicted molar refractivity (Wildman–Crippen MR) is 86.5 cm³/mol. The first-order chi connectivity index (χ1) is 10.7. The molecule has 0 aliphatic rings. The number of allylic oxidation sites excluding steroid dienone is 1. The predicted octanol–water partition coefficient (Wildman–Crippen LogP) is 4.23. The molecular weight excluding hydrogens is 280 g/mol. The fourth-order valence-corrected chi connectivity index (χ4v) is 2.17. The molecule has 0 bridgehead atoms. The average Bonchev–Trinajstić information content (AvgIpc) is 2.55. The summed E-state index contributed by atoms with van der Waals surface area (Å²) in [6, 6.07) is 11.3. The Morgan fingerprint density at radius 2 is 1.50 bits per heavy atom. The average molecular weight is 300 g/mol. The van der Waals surface area contributed by atoms with Gasteiger partial charge in [-0.2, -0.15) is 0 Å². The van der Waals surface area contributed by atoms with E-state index >= 15 is 0 Å². The summed E-state index contributed by atoms with van der Waals surface area (Å²) in [6.07, 6.45) is 2.54. The largest absolute Gasteiger partial charge is 0.493 e. The van der Waals surface area contributed by atoms with E-state index in [9.17, 15) is 0 Å². The summed E-state index contributed by atoms with van der Waals surface area (Å²) in [5, 5.41) is 0. The third-order valence-corrected chi connectivity index (χ3v) is 3.17. The first-order valence-electron chi connectivity index (χ1n) is 6.90. The maximum absolute atomic E-state index is 5.99. The Labute approximate surface area is 130 Å². The molecule has 2 rings (SSSR count). The monoisotopic (exact) mass is 300 g/mol. The highest BCUT2D eigenvalue weighted by Gasteiger charge is 2.15. The van der Waals surface area contributed by atoms with Crippen molar-refractivity contribution in [2.45, 2.75) is 6.42 Å². The number of ether oxygens (including phenoxy) is 4. The van der Waals surface area contributed by atoms with Crippen LogP contribution in [-0.4, -0.2) is 21.3 Å². The molecule has 116 valence electrons. The molecule has 22 heavy (non-hydrogen) atoms. The van der Waals surface area contributed by atoms with Gasteiger partial charge in [0, 0.05) is 0 Å². The SMILES string of the molecule is C=CCc1cc(OC)c(OC)c(Oc2ccccc2OC)c1. The van der Waals surface area contributed by atoms with E-state index in [1.165, 1.54) is 0 Å². The zero-order valence-corrected chi connectivity index (χ0v) is 13.1. The van der Waals surface area contributed by atoms with Gasteiger partial charge in [-0.15, -0.1) is 6.58 Å². The summed E-state index contributed by atoms with van der Waals surface area (Å²) in [6.45, 7) is 3.76. The Morgan fingerprint density at radius 3 is 2.09 bits per heavy atom. The molecule has 4 heteroatoms. The number of para-hydroxylation sites is 2. The Balaban J connectivity index is 2.47. The van der Waals surface area contributed by atoms with Crippen molar-refractivity contribution in [1.82, 2.24) is 0 Å². The molecule has 0 aliphatic carbocycles. The third kappa shape index (κ3) is 3.34. The van der Waals surface area contributed by atoms with Crippen LogP contribution in [0.2, 0.25) is 0 Å². The van der Waals surface area contributed by atoms with Gasteiger partial charge in [0.05, 0.1) is 21.3 Å². The maximum atomic E-state index is 5.99. The molecule has 0 saturated heterocycles. The Bertz CT molecular complexity index is 650. The number of methoxy groups -OCH3 is 3. The minimum absolute atomic E-state index is 0.543. The van der Waals surface area contributed by atoms with Crippen molar-refractivity contribution >= 4 is 0 Å². The molecule has 0 amide bonds. The minimum Gasteiger partial charge on any atom is -0.493 e. The number of hydrogen-bond acceptors (Lipinski definition) is 4. The van der Waals surface area contributed by atoms with Gasteiger partial charge in [-0.3, -0.25) is 0 Å². The molecule has 2 aromatic carbocycles. The maximum Gasteiger partial charge on any atom is 0.203 e. The molecule has 0 atom stereocenters. The number of hydrogen-bond donors (Lipinski definition) is 0. The summed E-state index contributed by atoms with van der Waals surface area (Å²) >= 11 is 0. The van der Waals surface area contributed by atoms with Gasteiger partial charge >= 0.3 is 0 Å². The first-order valence-corrected chi connectivity index (χ1v) is 6.90. The Kier molecular flexibility index (Phi) is 5.31. The number of benzene rings is 2. The third-order valence-electron chi connectivity index (χ3n) is 3.17. The van der Waals surface area contributed by atoms with Gasteiger partial charge < -0.3 is 18.9 Å². The van der Waals surface area contributed by atoms with Crippen LogP contribution < -0.4 is 18.9 Å². The summed E-state index contributed by atoms with van der Waals surface area (Å²) in [5.74, 6) is 3.00. The van der Waals surface area contributed by atoms with E-state index in [-0.39, 0.29) is 0 Å². The van der Waals surface area contributed by atoms with Gasteiger partial charge in [0.15, 0.2) is 23.0 Å². The molecule has 0 spiro atoms. The Morgan fingerprint density at radius 1 is 0.864 bits per heavy atom. The van der Waals surface area contributed by atoms with Crippen molar-refractivity contribution < 1.29 is 18.9 Å². The van der Waals surface area contributed by atoms with Crippen LogP contribution in [-0.2, 0) is 6.42 Å². The zero-order chi connectivity index (χ0) is 15.9. The summed E-state index contributed by atoms with van der Waals surface area (Å²) < 4.78 is 22.1. The van der Waals surface area contributed by atoms with E-state index in [1.54, 1.807) is 21.3 Å². The fraction of sp³-hybridized carbons (Fsp3) is 0.222. The van der Waals surface area contributed by atoms with E-state index in [0.29, 0.717) is 35.2 Å². The minimum atomic E-state index is 0.543. The van der Waals surface area contributed by atoms with Crippen molar-refractivity contribution in [3.8, 4) is 28.7 Å². The lowest BCUT2D eigenvalue weighted by Gasteiger charge is -2.16. The lowest BCUT2D eigenvalue weighted by Crippen LogP contribution is -1.97. The van der Waals surface area contributed by atoms with E-state index in [4.69, 9.17) is 18.9 Å². The van der Waals surface area contributed by atoms with Crippen molar-refractivity contribution in [3.63, 3.8) is 0 Å². The summed E-state index contributed by atoms with van der Waals surface area (Å²) in [5.41, 5.74) is 1.03. The van der Waals surface area contributed by atoms with Crippen LogP contribution in [0, 0.1) is 0 Å². The van der Waals surface area contributed by atoms with Gasteiger partial charge in [0.25, 0.3) is 0 Å². The second-order valence-corrected chi connectivity index (χ2v) is 4.58. The second kappa shape index (κ2) is 7.41. The van der Waals surface area contributed by atoms with Crippen LogP contribution >= 0.6 is 0 Å². The van der Waals surface area contributed by atoms with E-state index < -0.39 is 0 Å². The molecule has 0 N–H and O–H groups in total. The van der Waals surface area contributed by atoms with Crippen molar-refractivity contribution in [1.29, 1.82) is 0 Å². The molecule has 0 heterocycles. The van der Waals surface area contributed by atoms with Crippen molar-refractivity contribution in [3.05, 3.63) is 54.6 Å². The zero-order valence-electron chi connectivity index (χ0n) is 13.1.